The minimum absolute atomic E-state index is 0.270. The van der Waals surface area contributed by atoms with Crippen LogP contribution in [0, 0.1) is 13.8 Å². The van der Waals surface area contributed by atoms with Crippen molar-refractivity contribution in [3.05, 3.63) is 34.9 Å². The second-order valence-corrected chi connectivity index (χ2v) is 3.89. The second kappa shape index (κ2) is 4.11. The lowest BCUT2D eigenvalue weighted by molar-refractivity contribution is 0.0418. The van der Waals surface area contributed by atoms with Gasteiger partial charge in [-0.05, 0) is 37.0 Å². The molecule has 0 bridgehead atoms. The molecule has 0 fully saturated rings. The van der Waals surface area contributed by atoms with Crippen LogP contribution >= 0.6 is 0 Å². The molecule has 0 spiro atoms. The van der Waals surface area contributed by atoms with Crippen molar-refractivity contribution in [2.75, 3.05) is 6.54 Å². The molecule has 3 N–H and O–H groups in total. The number of hydrogen-bond acceptors (Lipinski definition) is 2. The minimum atomic E-state index is -0.863. The number of rotatable bonds is 3. The Labute approximate surface area is 85.8 Å². The molecule has 1 rings (SSSR count). The Morgan fingerprint density at radius 3 is 2.36 bits per heavy atom. The predicted octanol–water partition coefficient (Wildman–Crippen LogP) is 1.86. The van der Waals surface area contributed by atoms with E-state index in [1.165, 1.54) is 11.1 Å². The molecule has 1 aromatic carbocycles. The normalized spacial score (nSPS) is 15.2. The average Bonchev–Trinajstić information content (AvgIpc) is 2.21. The predicted molar refractivity (Wildman–Crippen MR) is 59.2 cm³/mol. The Kier molecular flexibility index (Phi) is 3.29. The van der Waals surface area contributed by atoms with Crippen LogP contribution in [-0.2, 0) is 5.60 Å². The molecular formula is C12H19NO. The molecule has 2 nitrogen and oxygen atoms in total. The van der Waals surface area contributed by atoms with Gasteiger partial charge in [0.05, 0.1) is 0 Å². The Hall–Kier alpha value is -0.860. The Bertz CT molecular complexity index is 316. The van der Waals surface area contributed by atoms with Gasteiger partial charge in [-0.3, -0.25) is 0 Å². The van der Waals surface area contributed by atoms with Crippen molar-refractivity contribution in [2.45, 2.75) is 32.8 Å². The molecule has 0 radical (unpaired) electrons. The van der Waals surface area contributed by atoms with Crippen molar-refractivity contribution in [3.8, 4) is 0 Å². The molecular weight excluding hydrogens is 174 g/mol. The second-order valence-electron chi connectivity index (χ2n) is 3.89. The van der Waals surface area contributed by atoms with E-state index >= 15 is 0 Å². The molecule has 0 aliphatic rings. The van der Waals surface area contributed by atoms with Gasteiger partial charge in [0.25, 0.3) is 0 Å². The van der Waals surface area contributed by atoms with Gasteiger partial charge < -0.3 is 10.8 Å². The highest BCUT2D eigenvalue weighted by molar-refractivity contribution is 5.33. The van der Waals surface area contributed by atoms with Crippen molar-refractivity contribution in [1.82, 2.24) is 0 Å². The van der Waals surface area contributed by atoms with E-state index in [9.17, 15) is 5.11 Å². The fourth-order valence-electron chi connectivity index (χ4n) is 1.50. The molecule has 1 aromatic rings. The van der Waals surface area contributed by atoms with E-state index in [0.717, 1.165) is 5.56 Å². The standard InChI is InChI=1S/C12H19NO/c1-4-12(14,8-13)11-6-5-9(2)10(3)7-11/h5-7,14H,4,8,13H2,1-3H3. The van der Waals surface area contributed by atoms with Gasteiger partial charge in [-0.1, -0.05) is 25.1 Å². The Balaban J connectivity index is 3.12. The summed E-state index contributed by atoms with van der Waals surface area (Å²) in [4.78, 5) is 0. The fraction of sp³-hybridized carbons (Fsp3) is 0.500. The smallest absolute Gasteiger partial charge is 0.102 e. The van der Waals surface area contributed by atoms with E-state index < -0.39 is 5.60 Å². The first-order valence-electron chi connectivity index (χ1n) is 5.03. The highest BCUT2D eigenvalue weighted by Gasteiger charge is 2.25. The summed E-state index contributed by atoms with van der Waals surface area (Å²) in [5.74, 6) is 0. The Morgan fingerprint density at radius 2 is 1.93 bits per heavy atom. The molecule has 1 atom stereocenters. The summed E-state index contributed by atoms with van der Waals surface area (Å²) in [6.45, 7) is 6.33. The number of aryl methyl sites for hydroxylation is 2. The first-order valence-corrected chi connectivity index (χ1v) is 5.03. The van der Waals surface area contributed by atoms with E-state index in [1.54, 1.807) is 0 Å². The molecule has 0 aliphatic heterocycles. The number of benzene rings is 1. The molecule has 1 unspecified atom stereocenters. The van der Waals surface area contributed by atoms with Crippen LogP contribution in [-0.4, -0.2) is 11.7 Å². The zero-order valence-corrected chi connectivity index (χ0v) is 9.17. The number of aliphatic hydroxyl groups is 1. The largest absolute Gasteiger partial charge is 0.384 e. The Morgan fingerprint density at radius 1 is 1.29 bits per heavy atom. The zero-order chi connectivity index (χ0) is 10.8. The van der Waals surface area contributed by atoms with Crippen LogP contribution in [0.2, 0.25) is 0 Å². The summed E-state index contributed by atoms with van der Waals surface area (Å²) >= 11 is 0. The van der Waals surface area contributed by atoms with Crippen LogP contribution in [0.25, 0.3) is 0 Å². The minimum Gasteiger partial charge on any atom is -0.384 e. The van der Waals surface area contributed by atoms with E-state index in [4.69, 9.17) is 5.73 Å². The first kappa shape index (κ1) is 11.2. The summed E-state index contributed by atoms with van der Waals surface area (Å²) in [5, 5.41) is 10.2. The van der Waals surface area contributed by atoms with Gasteiger partial charge in [0, 0.05) is 6.54 Å². The quantitative estimate of drug-likeness (QED) is 0.769. The van der Waals surface area contributed by atoms with Crippen molar-refractivity contribution < 1.29 is 5.11 Å². The maximum Gasteiger partial charge on any atom is 0.102 e. The summed E-state index contributed by atoms with van der Waals surface area (Å²) in [7, 11) is 0. The topological polar surface area (TPSA) is 46.2 Å². The lowest BCUT2D eigenvalue weighted by Gasteiger charge is -2.26. The zero-order valence-electron chi connectivity index (χ0n) is 9.17. The van der Waals surface area contributed by atoms with Crippen LogP contribution < -0.4 is 5.73 Å². The van der Waals surface area contributed by atoms with Crippen molar-refractivity contribution in [2.24, 2.45) is 5.73 Å². The van der Waals surface area contributed by atoms with Crippen LogP contribution in [0.15, 0.2) is 18.2 Å². The summed E-state index contributed by atoms with van der Waals surface area (Å²) in [6, 6.07) is 6.01. The molecule has 14 heavy (non-hydrogen) atoms. The third-order valence-electron chi connectivity index (χ3n) is 2.97. The fourth-order valence-corrected chi connectivity index (χ4v) is 1.50. The molecule has 0 saturated carbocycles. The highest BCUT2D eigenvalue weighted by atomic mass is 16.3. The lowest BCUT2D eigenvalue weighted by atomic mass is 9.89. The monoisotopic (exact) mass is 193 g/mol. The van der Waals surface area contributed by atoms with E-state index in [0.29, 0.717) is 6.42 Å². The van der Waals surface area contributed by atoms with Crippen LogP contribution in [0.4, 0.5) is 0 Å². The van der Waals surface area contributed by atoms with Gasteiger partial charge >= 0.3 is 0 Å². The number of nitrogens with two attached hydrogens (primary N) is 1. The molecule has 0 aliphatic carbocycles. The van der Waals surface area contributed by atoms with Gasteiger partial charge in [-0.25, -0.2) is 0 Å². The maximum absolute atomic E-state index is 10.2. The van der Waals surface area contributed by atoms with Gasteiger partial charge in [0.15, 0.2) is 0 Å². The molecule has 78 valence electrons. The van der Waals surface area contributed by atoms with Crippen molar-refractivity contribution in [3.63, 3.8) is 0 Å². The van der Waals surface area contributed by atoms with Gasteiger partial charge in [-0.15, -0.1) is 0 Å². The first-order chi connectivity index (χ1) is 6.53. The summed E-state index contributed by atoms with van der Waals surface area (Å²) < 4.78 is 0. The van der Waals surface area contributed by atoms with E-state index in [2.05, 4.69) is 6.92 Å². The van der Waals surface area contributed by atoms with Gasteiger partial charge in [-0.2, -0.15) is 0 Å². The van der Waals surface area contributed by atoms with E-state index in [1.807, 2.05) is 32.0 Å². The van der Waals surface area contributed by atoms with Gasteiger partial charge in [0.2, 0.25) is 0 Å². The molecule has 2 heteroatoms. The molecule has 0 aromatic heterocycles. The number of hydrogen-bond donors (Lipinski definition) is 2. The van der Waals surface area contributed by atoms with Crippen LogP contribution in [0.5, 0.6) is 0 Å². The third kappa shape index (κ3) is 1.97. The molecule has 0 amide bonds. The summed E-state index contributed by atoms with van der Waals surface area (Å²) in [6.07, 6.45) is 0.645. The van der Waals surface area contributed by atoms with Crippen molar-refractivity contribution in [1.29, 1.82) is 0 Å². The average molecular weight is 193 g/mol. The van der Waals surface area contributed by atoms with E-state index in [-0.39, 0.29) is 6.54 Å². The molecule has 0 saturated heterocycles. The third-order valence-corrected chi connectivity index (χ3v) is 2.97. The van der Waals surface area contributed by atoms with Gasteiger partial charge in [0.1, 0.15) is 5.60 Å². The van der Waals surface area contributed by atoms with Crippen LogP contribution in [0.1, 0.15) is 30.0 Å². The lowest BCUT2D eigenvalue weighted by Crippen LogP contribution is -2.34. The van der Waals surface area contributed by atoms with Crippen molar-refractivity contribution >= 4 is 0 Å². The summed E-state index contributed by atoms with van der Waals surface area (Å²) in [5.41, 5.74) is 8.08. The molecule has 0 heterocycles. The van der Waals surface area contributed by atoms with Crippen LogP contribution in [0.3, 0.4) is 0 Å². The SMILES string of the molecule is CCC(O)(CN)c1ccc(C)c(C)c1. The maximum atomic E-state index is 10.2. The highest BCUT2D eigenvalue weighted by Crippen LogP contribution is 2.25.